The molecule has 3 nitrogen and oxygen atoms in total. The van der Waals surface area contributed by atoms with Gasteiger partial charge in [-0.1, -0.05) is 29.3 Å². The van der Waals surface area contributed by atoms with Crippen molar-refractivity contribution in [3.63, 3.8) is 0 Å². The number of quaternary nitrogens is 1. The molecule has 0 saturated heterocycles. The number of hydrogen-bond acceptors (Lipinski definition) is 1. The number of amides is 1. The number of carbonyl (C=O) groups excluding carboxylic acids is 1. The zero-order valence-corrected chi connectivity index (χ0v) is 13.3. The Morgan fingerprint density at radius 1 is 1.26 bits per heavy atom. The summed E-state index contributed by atoms with van der Waals surface area (Å²) in [5.41, 5.74) is 0.672. The minimum absolute atomic E-state index is 0.0215. The third kappa shape index (κ3) is 5.81. The highest BCUT2D eigenvalue weighted by Crippen LogP contribution is 2.23. The van der Waals surface area contributed by atoms with Gasteiger partial charge in [0.05, 0.1) is 17.1 Å². The van der Waals surface area contributed by atoms with E-state index in [2.05, 4.69) is 5.32 Å². The van der Waals surface area contributed by atoms with E-state index in [1.54, 1.807) is 0 Å². The Balaban J connectivity index is 2.61. The number of rotatable bonds is 4. The van der Waals surface area contributed by atoms with Gasteiger partial charge in [-0.15, -0.1) is 0 Å². The van der Waals surface area contributed by atoms with Gasteiger partial charge in [-0.05, 0) is 32.9 Å². The molecule has 0 aromatic heterocycles. The van der Waals surface area contributed by atoms with Crippen molar-refractivity contribution in [2.24, 2.45) is 0 Å². The van der Waals surface area contributed by atoms with Gasteiger partial charge in [0.2, 0.25) is 0 Å². The molecular weight excluding hydrogens is 283 g/mol. The Bertz CT molecular complexity index is 435. The van der Waals surface area contributed by atoms with Gasteiger partial charge in [-0.2, -0.15) is 0 Å². The van der Waals surface area contributed by atoms with Gasteiger partial charge in [-0.3, -0.25) is 4.79 Å². The lowest BCUT2D eigenvalue weighted by Gasteiger charge is -2.22. The van der Waals surface area contributed by atoms with Crippen LogP contribution in [0.3, 0.4) is 0 Å². The molecule has 1 aromatic rings. The molecule has 5 heteroatoms. The molecule has 1 aromatic carbocycles. The monoisotopic (exact) mass is 303 g/mol. The maximum Gasteiger partial charge on any atom is 0.275 e. The fourth-order valence-electron chi connectivity index (χ4n) is 1.80. The highest BCUT2D eigenvalue weighted by atomic mass is 35.5. The van der Waals surface area contributed by atoms with E-state index in [-0.39, 0.29) is 11.4 Å². The van der Waals surface area contributed by atoms with Crippen LogP contribution in [0.2, 0.25) is 10.0 Å². The third-order valence-electron chi connectivity index (χ3n) is 2.52. The first kappa shape index (κ1) is 16.3. The molecule has 2 N–H and O–H groups in total. The van der Waals surface area contributed by atoms with Crippen LogP contribution in [0, 0.1) is 0 Å². The molecule has 0 fully saturated rings. The van der Waals surface area contributed by atoms with Gasteiger partial charge in [0.15, 0.2) is 6.54 Å². The van der Waals surface area contributed by atoms with Gasteiger partial charge < -0.3 is 10.2 Å². The topological polar surface area (TPSA) is 33.5 Å². The second kappa shape index (κ2) is 6.60. The quantitative estimate of drug-likeness (QED) is 0.875. The summed E-state index contributed by atoms with van der Waals surface area (Å²) in [6.07, 6.45) is 0. The van der Waals surface area contributed by atoms with Crippen LogP contribution < -0.4 is 10.2 Å². The van der Waals surface area contributed by atoms with Crippen LogP contribution in [0.5, 0.6) is 0 Å². The Hall–Kier alpha value is -0.770. The maximum absolute atomic E-state index is 11.8. The first-order valence-corrected chi connectivity index (χ1v) is 7.00. The Labute approximate surface area is 124 Å². The molecule has 1 amide bonds. The van der Waals surface area contributed by atoms with E-state index in [9.17, 15) is 4.79 Å². The molecule has 0 saturated carbocycles. The maximum atomic E-state index is 11.8. The summed E-state index contributed by atoms with van der Waals surface area (Å²) >= 11 is 12.2. The summed E-state index contributed by atoms with van der Waals surface area (Å²) in [6, 6.07) is 5.44. The number of carbonyl (C=O) groups is 1. The van der Waals surface area contributed by atoms with Crippen molar-refractivity contribution in [2.45, 2.75) is 32.9 Å². The molecule has 0 aliphatic heterocycles. The second-order valence-electron chi connectivity index (χ2n) is 5.81. The van der Waals surface area contributed by atoms with E-state index in [0.717, 1.165) is 10.5 Å². The standard InChI is InChI=1S/C14H20Cl2N2O/c1-14(2,3)17-13(19)9-18(4)8-10-11(15)6-5-7-12(10)16/h5-7H,8-9H2,1-4H3,(H,17,19)/p+1. The lowest BCUT2D eigenvalue weighted by atomic mass is 10.1. The van der Waals surface area contributed by atoms with E-state index in [1.807, 2.05) is 46.0 Å². The summed E-state index contributed by atoms with van der Waals surface area (Å²) in [6.45, 7) is 6.90. The number of hydrogen-bond donors (Lipinski definition) is 2. The van der Waals surface area contributed by atoms with Crippen LogP contribution >= 0.6 is 23.2 Å². The van der Waals surface area contributed by atoms with Gasteiger partial charge in [-0.25, -0.2) is 0 Å². The van der Waals surface area contributed by atoms with Crippen LogP contribution in [0.15, 0.2) is 18.2 Å². The molecule has 0 aliphatic rings. The number of benzene rings is 1. The largest absolute Gasteiger partial charge is 0.347 e. The molecular formula is C14H21Cl2N2O+. The molecule has 0 spiro atoms. The highest BCUT2D eigenvalue weighted by molar-refractivity contribution is 6.35. The van der Waals surface area contributed by atoms with Crippen LogP contribution in [-0.2, 0) is 11.3 Å². The number of halogens is 2. The zero-order chi connectivity index (χ0) is 14.6. The van der Waals surface area contributed by atoms with Gasteiger partial charge in [0.25, 0.3) is 5.91 Å². The molecule has 19 heavy (non-hydrogen) atoms. The Morgan fingerprint density at radius 3 is 2.26 bits per heavy atom. The van der Waals surface area contributed by atoms with E-state index < -0.39 is 0 Å². The zero-order valence-electron chi connectivity index (χ0n) is 11.8. The first-order chi connectivity index (χ1) is 8.69. The lowest BCUT2D eigenvalue weighted by Crippen LogP contribution is -3.09. The summed E-state index contributed by atoms with van der Waals surface area (Å²) in [5.74, 6) is 0.0215. The van der Waals surface area contributed by atoms with Gasteiger partial charge in [0, 0.05) is 11.1 Å². The average molecular weight is 304 g/mol. The van der Waals surface area contributed by atoms with Crippen molar-refractivity contribution in [3.05, 3.63) is 33.8 Å². The fourth-order valence-corrected chi connectivity index (χ4v) is 2.33. The molecule has 0 heterocycles. The Morgan fingerprint density at radius 2 is 1.79 bits per heavy atom. The number of nitrogens with one attached hydrogen (secondary N) is 2. The van der Waals surface area contributed by atoms with E-state index in [4.69, 9.17) is 23.2 Å². The normalized spacial score (nSPS) is 13.2. The highest BCUT2D eigenvalue weighted by Gasteiger charge is 2.18. The minimum Gasteiger partial charge on any atom is -0.347 e. The predicted molar refractivity (Wildman–Crippen MR) is 79.8 cm³/mol. The first-order valence-electron chi connectivity index (χ1n) is 6.24. The van der Waals surface area contributed by atoms with Crippen molar-refractivity contribution >= 4 is 29.1 Å². The summed E-state index contributed by atoms with van der Waals surface area (Å²) < 4.78 is 0. The van der Waals surface area contributed by atoms with Crippen molar-refractivity contribution < 1.29 is 9.69 Å². The lowest BCUT2D eigenvalue weighted by molar-refractivity contribution is -0.885. The predicted octanol–water partition coefficient (Wildman–Crippen LogP) is 1.92. The van der Waals surface area contributed by atoms with Crippen molar-refractivity contribution in [3.8, 4) is 0 Å². The van der Waals surface area contributed by atoms with E-state index in [1.165, 1.54) is 0 Å². The van der Waals surface area contributed by atoms with Crippen molar-refractivity contribution in [1.29, 1.82) is 0 Å². The molecule has 0 bridgehead atoms. The van der Waals surface area contributed by atoms with Crippen molar-refractivity contribution in [1.82, 2.24) is 5.32 Å². The fraction of sp³-hybridized carbons (Fsp3) is 0.500. The molecule has 1 atom stereocenters. The molecule has 1 unspecified atom stereocenters. The van der Waals surface area contributed by atoms with Crippen LogP contribution in [0.4, 0.5) is 0 Å². The molecule has 0 radical (unpaired) electrons. The minimum atomic E-state index is -0.209. The number of likely N-dealkylation sites (N-methyl/N-ethyl adjacent to an activating group) is 1. The van der Waals surface area contributed by atoms with Crippen LogP contribution in [0.25, 0.3) is 0 Å². The van der Waals surface area contributed by atoms with Crippen LogP contribution in [0.1, 0.15) is 26.3 Å². The Kier molecular flexibility index (Phi) is 5.65. The summed E-state index contributed by atoms with van der Waals surface area (Å²) in [4.78, 5) is 12.9. The van der Waals surface area contributed by atoms with Gasteiger partial charge >= 0.3 is 0 Å². The summed E-state index contributed by atoms with van der Waals surface area (Å²) in [5, 5.41) is 4.22. The van der Waals surface area contributed by atoms with Gasteiger partial charge in [0.1, 0.15) is 6.54 Å². The SMILES string of the molecule is C[NH+](CC(=O)NC(C)(C)C)Cc1c(Cl)cccc1Cl. The van der Waals surface area contributed by atoms with E-state index in [0.29, 0.717) is 23.1 Å². The van der Waals surface area contributed by atoms with Crippen molar-refractivity contribution in [2.75, 3.05) is 13.6 Å². The average Bonchev–Trinajstić information content (AvgIpc) is 2.20. The third-order valence-corrected chi connectivity index (χ3v) is 3.23. The van der Waals surface area contributed by atoms with Crippen LogP contribution in [-0.4, -0.2) is 25.0 Å². The molecule has 106 valence electrons. The molecule has 0 aliphatic carbocycles. The summed E-state index contributed by atoms with van der Waals surface area (Å²) in [7, 11) is 1.95. The molecule has 1 rings (SSSR count). The smallest absolute Gasteiger partial charge is 0.275 e. The second-order valence-corrected chi connectivity index (χ2v) is 6.62. The van der Waals surface area contributed by atoms with E-state index >= 15 is 0 Å².